The standard InChI is InChI=1S/C26H36N2O4S/c1-5-27(6-2)23-11-7-21(8-12-23)17-28(24-15-16-33(30,31)19-24)26(29)22-9-13-25(14-10-22)32-18-20(3)4/h7-14,20,24H,5-6,15-19H2,1-4H3. The predicted molar refractivity (Wildman–Crippen MR) is 134 cm³/mol. The summed E-state index contributed by atoms with van der Waals surface area (Å²) in [6, 6.07) is 15.0. The van der Waals surface area contributed by atoms with Crippen LogP contribution >= 0.6 is 0 Å². The Morgan fingerprint density at radius 2 is 1.67 bits per heavy atom. The molecule has 1 atom stereocenters. The SMILES string of the molecule is CCN(CC)c1ccc(CN(C(=O)c2ccc(OCC(C)C)cc2)C2CCS(=O)(=O)C2)cc1. The molecular weight excluding hydrogens is 436 g/mol. The third kappa shape index (κ3) is 6.73. The number of anilines is 1. The molecule has 1 fully saturated rings. The first-order chi connectivity index (χ1) is 15.7. The molecule has 0 aromatic heterocycles. The Labute approximate surface area is 198 Å². The van der Waals surface area contributed by atoms with Crippen LogP contribution in [0.5, 0.6) is 5.75 Å². The van der Waals surface area contributed by atoms with Crippen LogP contribution < -0.4 is 9.64 Å². The van der Waals surface area contributed by atoms with Crippen LogP contribution in [0.4, 0.5) is 5.69 Å². The molecule has 1 amide bonds. The third-order valence-corrected chi connectivity index (χ3v) is 7.76. The van der Waals surface area contributed by atoms with E-state index in [1.54, 1.807) is 29.2 Å². The fourth-order valence-electron chi connectivity index (χ4n) is 4.11. The molecule has 1 unspecified atom stereocenters. The van der Waals surface area contributed by atoms with Crippen LogP contribution in [0.25, 0.3) is 0 Å². The van der Waals surface area contributed by atoms with E-state index in [0.717, 1.165) is 30.1 Å². The molecule has 0 radical (unpaired) electrons. The van der Waals surface area contributed by atoms with Gasteiger partial charge in [0, 0.05) is 36.9 Å². The molecule has 0 spiro atoms. The first kappa shape index (κ1) is 25.1. The van der Waals surface area contributed by atoms with Gasteiger partial charge in [-0.1, -0.05) is 26.0 Å². The van der Waals surface area contributed by atoms with Crippen molar-refractivity contribution in [3.63, 3.8) is 0 Å². The van der Waals surface area contributed by atoms with Gasteiger partial charge in [0.15, 0.2) is 9.84 Å². The molecule has 2 aromatic rings. The van der Waals surface area contributed by atoms with E-state index in [0.29, 0.717) is 31.1 Å². The molecule has 6 nitrogen and oxygen atoms in total. The van der Waals surface area contributed by atoms with Crippen molar-refractivity contribution >= 4 is 21.4 Å². The van der Waals surface area contributed by atoms with Crippen LogP contribution in [0.15, 0.2) is 48.5 Å². The molecule has 1 aliphatic rings. The summed E-state index contributed by atoms with van der Waals surface area (Å²) in [5.41, 5.74) is 2.67. The quantitative estimate of drug-likeness (QED) is 0.513. The molecule has 2 aromatic carbocycles. The van der Waals surface area contributed by atoms with Crippen LogP contribution in [0.2, 0.25) is 0 Å². The minimum Gasteiger partial charge on any atom is -0.493 e. The highest BCUT2D eigenvalue weighted by molar-refractivity contribution is 7.91. The van der Waals surface area contributed by atoms with Crippen molar-refractivity contribution in [2.24, 2.45) is 5.92 Å². The van der Waals surface area contributed by atoms with Gasteiger partial charge in [-0.05, 0) is 68.1 Å². The number of nitrogens with zero attached hydrogens (tertiary/aromatic N) is 2. The Morgan fingerprint density at radius 1 is 1.03 bits per heavy atom. The largest absolute Gasteiger partial charge is 0.493 e. The summed E-state index contributed by atoms with van der Waals surface area (Å²) in [7, 11) is -3.12. The number of carbonyl (C=O) groups excluding carboxylic acids is 1. The third-order valence-electron chi connectivity index (χ3n) is 6.01. The lowest BCUT2D eigenvalue weighted by Crippen LogP contribution is -2.40. The van der Waals surface area contributed by atoms with Crippen molar-refractivity contribution in [1.29, 1.82) is 0 Å². The summed E-state index contributed by atoms with van der Waals surface area (Å²) in [5, 5.41) is 0. The number of hydrogen-bond donors (Lipinski definition) is 0. The van der Waals surface area contributed by atoms with Gasteiger partial charge in [0.1, 0.15) is 5.75 Å². The van der Waals surface area contributed by atoms with Gasteiger partial charge in [-0.15, -0.1) is 0 Å². The van der Waals surface area contributed by atoms with E-state index in [2.05, 4.69) is 44.7 Å². The lowest BCUT2D eigenvalue weighted by molar-refractivity contribution is 0.0681. The normalized spacial score (nSPS) is 17.2. The minimum atomic E-state index is -3.12. The predicted octanol–water partition coefficient (Wildman–Crippen LogP) is 4.40. The van der Waals surface area contributed by atoms with E-state index in [-0.39, 0.29) is 23.5 Å². The molecule has 1 aliphatic heterocycles. The van der Waals surface area contributed by atoms with Crippen LogP contribution in [0.1, 0.15) is 50.0 Å². The molecule has 0 saturated carbocycles. The zero-order valence-corrected chi connectivity index (χ0v) is 21.0. The van der Waals surface area contributed by atoms with E-state index < -0.39 is 9.84 Å². The molecule has 3 rings (SSSR count). The molecular formula is C26H36N2O4S. The van der Waals surface area contributed by atoms with Gasteiger partial charge in [0.2, 0.25) is 0 Å². The summed E-state index contributed by atoms with van der Waals surface area (Å²) in [6.07, 6.45) is 0.473. The number of sulfone groups is 1. The van der Waals surface area contributed by atoms with Crippen molar-refractivity contribution < 1.29 is 17.9 Å². The molecule has 0 aliphatic carbocycles. The topological polar surface area (TPSA) is 66.9 Å². The maximum Gasteiger partial charge on any atom is 0.254 e. The first-order valence-electron chi connectivity index (χ1n) is 11.8. The molecule has 33 heavy (non-hydrogen) atoms. The lowest BCUT2D eigenvalue weighted by atomic mass is 10.1. The van der Waals surface area contributed by atoms with Crippen molar-refractivity contribution in [3.05, 3.63) is 59.7 Å². The average Bonchev–Trinajstić information content (AvgIpc) is 3.17. The van der Waals surface area contributed by atoms with E-state index in [9.17, 15) is 13.2 Å². The van der Waals surface area contributed by atoms with Crippen molar-refractivity contribution in [3.8, 4) is 5.75 Å². The summed E-state index contributed by atoms with van der Waals surface area (Å²) < 4.78 is 30.0. The smallest absolute Gasteiger partial charge is 0.254 e. The highest BCUT2D eigenvalue weighted by Gasteiger charge is 2.35. The van der Waals surface area contributed by atoms with Crippen LogP contribution in [-0.4, -0.2) is 56.5 Å². The molecule has 0 N–H and O–H groups in total. The van der Waals surface area contributed by atoms with Gasteiger partial charge in [-0.3, -0.25) is 4.79 Å². The Balaban J connectivity index is 1.80. The maximum atomic E-state index is 13.5. The monoisotopic (exact) mass is 472 g/mol. The fraction of sp³-hybridized carbons (Fsp3) is 0.500. The van der Waals surface area contributed by atoms with Gasteiger partial charge in [-0.2, -0.15) is 0 Å². The number of benzene rings is 2. The lowest BCUT2D eigenvalue weighted by Gasteiger charge is -2.29. The Hall–Kier alpha value is -2.54. The number of hydrogen-bond acceptors (Lipinski definition) is 5. The van der Waals surface area contributed by atoms with Crippen molar-refractivity contribution in [2.45, 2.75) is 46.7 Å². The Morgan fingerprint density at radius 3 is 2.18 bits per heavy atom. The van der Waals surface area contributed by atoms with Crippen LogP contribution in [-0.2, 0) is 16.4 Å². The maximum absolute atomic E-state index is 13.5. The second-order valence-corrected chi connectivity index (χ2v) is 11.3. The van der Waals surface area contributed by atoms with Gasteiger partial charge >= 0.3 is 0 Å². The van der Waals surface area contributed by atoms with E-state index in [1.165, 1.54) is 0 Å². The zero-order chi connectivity index (χ0) is 24.0. The second-order valence-electron chi connectivity index (χ2n) is 9.06. The number of amides is 1. The van der Waals surface area contributed by atoms with E-state index >= 15 is 0 Å². The molecule has 180 valence electrons. The van der Waals surface area contributed by atoms with Crippen LogP contribution in [0, 0.1) is 5.92 Å². The highest BCUT2D eigenvalue weighted by Crippen LogP contribution is 2.24. The second kappa shape index (κ2) is 11.1. The first-order valence-corrected chi connectivity index (χ1v) is 13.6. The number of rotatable bonds is 10. The molecule has 7 heteroatoms. The number of ether oxygens (including phenoxy) is 1. The van der Waals surface area contributed by atoms with E-state index in [1.807, 2.05) is 12.1 Å². The van der Waals surface area contributed by atoms with Crippen molar-refractivity contribution in [1.82, 2.24) is 4.90 Å². The molecule has 1 heterocycles. The molecule has 0 bridgehead atoms. The fourth-order valence-corrected chi connectivity index (χ4v) is 5.84. The summed E-state index contributed by atoms with van der Waals surface area (Å²) >= 11 is 0. The van der Waals surface area contributed by atoms with Crippen LogP contribution in [0.3, 0.4) is 0 Å². The van der Waals surface area contributed by atoms with Crippen molar-refractivity contribution in [2.75, 3.05) is 36.1 Å². The summed E-state index contributed by atoms with van der Waals surface area (Å²) in [5.74, 6) is 1.14. The summed E-state index contributed by atoms with van der Waals surface area (Å²) in [6.45, 7) is 11.3. The van der Waals surface area contributed by atoms with Gasteiger partial charge < -0.3 is 14.5 Å². The minimum absolute atomic E-state index is 0.0197. The Bertz CT molecular complexity index is 1010. The molecule has 1 saturated heterocycles. The zero-order valence-electron chi connectivity index (χ0n) is 20.2. The van der Waals surface area contributed by atoms with Gasteiger partial charge in [-0.25, -0.2) is 8.42 Å². The van der Waals surface area contributed by atoms with E-state index in [4.69, 9.17) is 4.74 Å². The van der Waals surface area contributed by atoms with Gasteiger partial charge in [0.25, 0.3) is 5.91 Å². The summed E-state index contributed by atoms with van der Waals surface area (Å²) in [4.78, 5) is 17.5. The Kier molecular flexibility index (Phi) is 8.40. The van der Waals surface area contributed by atoms with Gasteiger partial charge in [0.05, 0.1) is 18.1 Å². The number of carbonyl (C=O) groups is 1. The average molecular weight is 473 g/mol. The highest BCUT2D eigenvalue weighted by atomic mass is 32.2.